The molecule has 0 aromatic carbocycles. The molecule has 1 aliphatic carbocycles. The van der Waals surface area contributed by atoms with E-state index in [0.29, 0.717) is 5.70 Å². The number of allylic oxidation sites excluding steroid dienone is 4. The van der Waals surface area contributed by atoms with E-state index < -0.39 is 0 Å². The summed E-state index contributed by atoms with van der Waals surface area (Å²) in [5.74, 6) is 0.0168. The maximum Gasteiger partial charge on any atom is 0.273 e. The molecule has 5 nitrogen and oxygen atoms in total. The second-order valence-electron chi connectivity index (χ2n) is 6.45. The number of ketones is 1. The highest BCUT2D eigenvalue weighted by molar-refractivity contribution is 5.97. The van der Waals surface area contributed by atoms with Gasteiger partial charge < -0.3 is 15.5 Å². The van der Waals surface area contributed by atoms with Crippen molar-refractivity contribution in [2.45, 2.75) is 57.7 Å². The number of hydrogen-bond acceptors (Lipinski definition) is 4. The van der Waals surface area contributed by atoms with E-state index in [-0.39, 0.29) is 23.9 Å². The highest BCUT2D eigenvalue weighted by atomic mass is 16.2. The minimum atomic E-state index is -0.275. The molecule has 0 saturated carbocycles. The molecule has 0 spiro atoms. The van der Waals surface area contributed by atoms with E-state index in [9.17, 15) is 9.59 Å². The summed E-state index contributed by atoms with van der Waals surface area (Å²) in [6, 6.07) is -0.275. The minimum Gasteiger partial charge on any atom is -0.379 e. The number of amides is 1. The number of nitrogens with one attached hydrogen (secondary N) is 2. The van der Waals surface area contributed by atoms with Crippen molar-refractivity contribution in [1.82, 2.24) is 15.5 Å². The SMILES string of the molecule is CC(=O)C1CCC2NC=C(NCCCC3=CCCC=C3)C(=O)N21. The molecule has 0 radical (unpaired) electrons. The highest BCUT2D eigenvalue weighted by Gasteiger charge is 2.42. The summed E-state index contributed by atoms with van der Waals surface area (Å²) in [6.45, 7) is 2.32. The van der Waals surface area contributed by atoms with Crippen LogP contribution in [0.5, 0.6) is 0 Å². The molecule has 0 bridgehead atoms. The zero-order chi connectivity index (χ0) is 16.2. The van der Waals surface area contributed by atoms with Crippen molar-refractivity contribution < 1.29 is 9.59 Å². The first kappa shape index (κ1) is 15.8. The second-order valence-corrected chi connectivity index (χ2v) is 6.45. The third-order valence-electron chi connectivity index (χ3n) is 4.77. The Balaban J connectivity index is 1.50. The largest absolute Gasteiger partial charge is 0.379 e. The Bertz CT molecular complexity index is 577. The molecule has 23 heavy (non-hydrogen) atoms. The van der Waals surface area contributed by atoms with Crippen LogP contribution in [0.2, 0.25) is 0 Å². The smallest absolute Gasteiger partial charge is 0.273 e. The molecule has 2 heterocycles. The Labute approximate surface area is 137 Å². The average molecular weight is 315 g/mol. The van der Waals surface area contributed by atoms with Crippen molar-refractivity contribution in [2.24, 2.45) is 0 Å². The van der Waals surface area contributed by atoms with E-state index in [1.165, 1.54) is 5.57 Å². The lowest BCUT2D eigenvalue weighted by atomic mass is 10.0. The third-order valence-corrected chi connectivity index (χ3v) is 4.77. The summed E-state index contributed by atoms with van der Waals surface area (Å²) >= 11 is 0. The number of carbonyl (C=O) groups is 2. The fourth-order valence-electron chi connectivity index (χ4n) is 3.53. The molecule has 2 aliphatic heterocycles. The van der Waals surface area contributed by atoms with Crippen LogP contribution in [0.1, 0.15) is 45.4 Å². The predicted octanol–water partition coefficient (Wildman–Crippen LogP) is 1.98. The van der Waals surface area contributed by atoms with Crippen LogP contribution >= 0.6 is 0 Å². The van der Waals surface area contributed by atoms with Gasteiger partial charge in [-0.25, -0.2) is 0 Å². The van der Waals surface area contributed by atoms with Gasteiger partial charge in [-0.05, 0) is 45.4 Å². The fourth-order valence-corrected chi connectivity index (χ4v) is 3.53. The molecule has 2 N–H and O–H groups in total. The predicted molar refractivity (Wildman–Crippen MR) is 89.2 cm³/mol. The van der Waals surface area contributed by atoms with Crippen molar-refractivity contribution >= 4 is 11.7 Å². The molecule has 124 valence electrons. The lowest BCUT2D eigenvalue weighted by Crippen LogP contribution is -2.54. The summed E-state index contributed by atoms with van der Waals surface area (Å²) in [7, 11) is 0. The van der Waals surface area contributed by atoms with Gasteiger partial charge in [0.2, 0.25) is 0 Å². The molecule has 0 aromatic heterocycles. The van der Waals surface area contributed by atoms with Crippen LogP contribution < -0.4 is 10.6 Å². The number of nitrogens with zero attached hydrogens (tertiary/aromatic N) is 1. The molecule has 2 atom stereocenters. The zero-order valence-corrected chi connectivity index (χ0v) is 13.7. The van der Waals surface area contributed by atoms with Gasteiger partial charge in [0.15, 0.2) is 5.78 Å². The first-order valence-corrected chi connectivity index (χ1v) is 8.55. The first-order valence-electron chi connectivity index (χ1n) is 8.55. The van der Waals surface area contributed by atoms with E-state index in [2.05, 4.69) is 28.9 Å². The van der Waals surface area contributed by atoms with Crippen LogP contribution in [0.3, 0.4) is 0 Å². The van der Waals surface area contributed by atoms with Gasteiger partial charge in [0.25, 0.3) is 5.91 Å². The van der Waals surface area contributed by atoms with Crippen molar-refractivity contribution in [3.63, 3.8) is 0 Å². The lowest BCUT2D eigenvalue weighted by molar-refractivity contribution is -0.137. The second kappa shape index (κ2) is 7.02. The average Bonchev–Trinajstić information content (AvgIpc) is 2.99. The van der Waals surface area contributed by atoms with Crippen LogP contribution in [0, 0.1) is 0 Å². The molecule has 3 aliphatic rings. The monoisotopic (exact) mass is 315 g/mol. The summed E-state index contributed by atoms with van der Waals surface area (Å²) in [5, 5.41) is 6.47. The van der Waals surface area contributed by atoms with Gasteiger partial charge in [0.1, 0.15) is 11.9 Å². The van der Waals surface area contributed by atoms with Gasteiger partial charge in [0, 0.05) is 12.7 Å². The summed E-state index contributed by atoms with van der Waals surface area (Å²) in [4.78, 5) is 26.0. The van der Waals surface area contributed by atoms with Crippen molar-refractivity contribution in [1.29, 1.82) is 0 Å². The zero-order valence-electron chi connectivity index (χ0n) is 13.7. The molecule has 1 saturated heterocycles. The Kier molecular flexibility index (Phi) is 4.84. The maximum absolute atomic E-state index is 12.6. The van der Waals surface area contributed by atoms with Crippen LogP contribution in [0.4, 0.5) is 0 Å². The normalized spacial score (nSPS) is 26.3. The van der Waals surface area contributed by atoms with E-state index in [0.717, 1.165) is 45.1 Å². The van der Waals surface area contributed by atoms with E-state index in [1.54, 1.807) is 18.0 Å². The Morgan fingerprint density at radius 1 is 1.39 bits per heavy atom. The van der Waals surface area contributed by atoms with Crippen molar-refractivity contribution in [3.05, 3.63) is 35.7 Å². The first-order chi connectivity index (χ1) is 11.2. The fraction of sp³-hybridized carbons (Fsp3) is 0.556. The van der Waals surface area contributed by atoms with Crippen molar-refractivity contribution in [3.8, 4) is 0 Å². The number of Topliss-reactive ketones (excluding diaryl/α,β-unsaturated/α-hetero) is 1. The molecule has 3 rings (SSSR count). The lowest BCUT2D eigenvalue weighted by Gasteiger charge is -2.34. The number of hydrogen-bond donors (Lipinski definition) is 2. The molecule has 1 fully saturated rings. The van der Waals surface area contributed by atoms with Gasteiger partial charge in [-0.3, -0.25) is 9.59 Å². The van der Waals surface area contributed by atoms with Gasteiger partial charge in [-0.2, -0.15) is 0 Å². The summed E-state index contributed by atoms with van der Waals surface area (Å²) < 4.78 is 0. The Morgan fingerprint density at radius 2 is 2.26 bits per heavy atom. The van der Waals surface area contributed by atoms with Crippen LogP contribution in [0.15, 0.2) is 35.7 Å². The molecular weight excluding hydrogens is 290 g/mol. The summed E-state index contributed by atoms with van der Waals surface area (Å²) in [5.41, 5.74) is 1.96. The number of rotatable bonds is 6. The summed E-state index contributed by atoms with van der Waals surface area (Å²) in [6.07, 6.45) is 14.3. The Morgan fingerprint density at radius 3 is 3.00 bits per heavy atom. The van der Waals surface area contributed by atoms with Gasteiger partial charge in [0.05, 0.1) is 6.04 Å². The van der Waals surface area contributed by atoms with Crippen molar-refractivity contribution in [2.75, 3.05) is 6.54 Å². The maximum atomic E-state index is 12.6. The van der Waals surface area contributed by atoms with Gasteiger partial charge in [-0.1, -0.05) is 23.8 Å². The van der Waals surface area contributed by atoms with Crippen LogP contribution in [-0.2, 0) is 9.59 Å². The molecule has 0 aromatic rings. The van der Waals surface area contributed by atoms with E-state index >= 15 is 0 Å². The molecular formula is C18H25N3O2. The Hall–Kier alpha value is -2.04. The number of fused-ring (bicyclic) bond motifs is 1. The highest BCUT2D eigenvalue weighted by Crippen LogP contribution is 2.27. The standard InChI is InChI=1S/C18H25N3O2/c1-13(22)16-9-10-17-20-12-15(18(23)21(16)17)19-11-5-8-14-6-3-2-4-7-14/h3,6-7,12,16-17,19-20H,2,4-5,8-11H2,1H3. The quantitative estimate of drug-likeness (QED) is 0.736. The molecule has 1 amide bonds. The van der Waals surface area contributed by atoms with E-state index in [4.69, 9.17) is 0 Å². The molecule has 2 unspecified atom stereocenters. The van der Waals surface area contributed by atoms with Gasteiger partial charge >= 0.3 is 0 Å². The van der Waals surface area contributed by atoms with Crippen LogP contribution in [-0.4, -0.2) is 35.3 Å². The minimum absolute atomic E-state index is 0.0283. The molecule has 5 heteroatoms. The van der Waals surface area contributed by atoms with Crippen LogP contribution in [0.25, 0.3) is 0 Å². The van der Waals surface area contributed by atoms with Gasteiger partial charge in [-0.15, -0.1) is 0 Å². The van der Waals surface area contributed by atoms with E-state index in [1.807, 2.05) is 0 Å². The number of carbonyl (C=O) groups excluding carboxylic acids is 2. The topological polar surface area (TPSA) is 61.4 Å². The third kappa shape index (κ3) is 3.49.